The summed E-state index contributed by atoms with van der Waals surface area (Å²) >= 11 is 1.78. The van der Waals surface area contributed by atoms with Crippen LogP contribution in [-0.2, 0) is 0 Å². The molecule has 0 saturated carbocycles. The van der Waals surface area contributed by atoms with E-state index in [9.17, 15) is 0 Å². The second-order valence-corrected chi connectivity index (χ2v) is 4.38. The maximum atomic E-state index is 5.29. The van der Waals surface area contributed by atoms with E-state index in [1.54, 1.807) is 11.3 Å². The van der Waals surface area contributed by atoms with E-state index in [1.807, 2.05) is 6.92 Å². The van der Waals surface area contributed by atoms with Gasteiger partial charge in [0.25, 0.3) is 0 Å². The Hall–Kier alpha value is -0.780. The molecular formula is C11H15NS. The third-order valence-corrected chi connectivity index (χ3v) is 2.88. The van der Waals surface area contributed by atoms with Gasteiger partial charge in [-0.05, 0) is 37.8 Å². The summed E-state index contributed by atoms with van der Waals surface area (Å²) in [5.74, 6) is 2.66. The minimum atomic E-state index is 0.134. The number of thiophene rings is 1. The Kier molecular flexibility index (Phi) is 3.53. The van der Waals surface area contributed by atoms with Crippen molar-refractivity contribution in [2.45, 2.75) is 32.9 Å². The molecule has 2 heteroatoms. The van der Waals surface area contributed by atoms with Gasteiger partial charge < -0.3 is 0 Å². The molecule has 0 aromatic carbocycles. The Morgan fingerprint density at radius 1 is 1.54 bits per heavy atom. The predicted molar refractivity (Wildman–Crippen MR) is 58.9 cm³/mol. The van der Waals surface area contributed by atoms with Crippen LogP contribution >= 0.6 is 11.3 Å². The van der Waals surface area contributed by atoms with Gasteiger partial charge in [0.05, 0.1) is 6.04 Å². The number of terminal acetylenes is 1. The maximum Gasteiger partial charge on any atom is 0.0662 e. The predicted octanol–water partition coefficient (Wildman–Crippen LogP) is 2.73. The van der Waals surface area contributed by atoms with Crippen LogP contribution in [0, 0.1) is 19.3 Å². The van der Waals surface area contributed by atoms with Crippen molar-refractivity contribution < 1.29 is 0 Å². The van der Waals surface area contributed by atoms with Crippen molar-refractivity contribution in [1.82, 2.24) is 5.32 Å². The summed E-state index contributed by atoms with van der Waals surface area (Å²) in [5.41, 5.74) is 1.32. The topological polar surface area (TPSA) is 12.0 Å². The van der Waals surface area contributed by atoms with Crippen molar-refractivity contribution in [1.29, 1.82) is 0 Å². The Morgan fingerprint density at radius 2 is 2.23 bits per heavy atom. The van der Waals surface area contributed by atoms with Crippen LogP contribution in [0.1, 0.15) is 30.3 Å². The summed E-state index contributed by atoms with van der Waals surface area (Å²) in [5, 5.41) is 5.51. The Labute approximate surface area is 84.2 Å². The largest absolute Gasteiger partial charge is 0.297 e. The van der Waals surface area contributed by atoms with Crippen LogP contribution in [0.2, 0.25) is 0 Å². The molecule has 1 aromatic heterocycles. The summed E-state index contributed by atoms with van der Waals surface area (Å²) in [6, 6.07) is 2.68. The molecule has 0 fully saturated rings. The van der Waals surface area contributed by atoms with Crippen LogP contribution < -0.4 is 5.32 Å². The molecule has 0 bridgehead atoms. The first-order valence-electron chi connectivity index (χ1n) is 4.40. The lowest BCUT2D eigenvalue weighted by Crippen LogP contribution is -2.27. The number of aryl methyl sites for hydroxylation is 1. The van der Waals surface area contributed by atoms with Crippen LogP contribution in [0.15, 0.2) is 11.4 Å². The monoisotopic (exact) mass is 193 g/mol. The normalized spacial score (nSPS) is 14.9. The van der Waals surface area contributed by atoms with Crippen molar-refractivity contribution in [3.05, 3.63) is 21.9 Å². The molecule has 0 saturated heterocycles. The minimum absolute atomic E-state index is 0.134. The first-order chi connectivity index (χ1) is 6.13. The van der Waals surface area contributed by atoms with Gasteiger partial charge in [-0.3, -0.25) is 5.32 Å². The molecule has 1 rings (SSSR count). The fraction of sp³-hybridized carbons (Fsp3) is 0.455. The average molecular weight is 193 g/mol. The summed E-state index contributed by atoms with van der Waals surface area (Å²) in [6.07, 6.45) is 5.29. The van der Waals surface area contributed by atoms with Crippen LogP contribution in [0.4, 0.5) is 0 Å². The van der Waals surface area contributed by atoms with Crippen LogP contribution in [0.3, 0.4) is 0 Å². The lowest BCUT2D eigenvalue weighted by atomic mass is 10.1. The molecule has 1 nitrogen and oxygen atoms in total. The second-order valence-electron chi connectivity index (χ2n) is 3.27. The number of hydrogen-bond acceptors (Lipinski definition) is 2. The van der Waals surface area contributed by atoms with Gasteiger partial charge in [0, 0.05) is 10.9 Å². The fourth-order valence-corrected chi connectivity index (χ4v) is 2.01. The zero-order chi connectivity index (χ0) is 9.84. The molecule has 2 atom stereocenters. The highest BCUT2D eigenvalue weighted by Gasteiger charge is 2.08. The van der Waals surface area contributed by atoms with Gasteiger partial charge in [-0.1, -0.05) is 5.92 Å². The van der Waals surface area contributed by atoms with Gasteiger partial charge in [0.2, 0.25) is 0 Å². The Balaban J connectivity index is 2.59. The molecule has 0 aliphatic rings. The van der Waals surface area contributed by atoms with E-state index in [-0.39, 0.29) is 6.04 Å². The minimum Gasteiger partial charge on any atom is -0.297 e. The summed E-state index contributed by atoms with van der Waals surface area (Å²) in [6.45, 7) is 6.25. The van der Waals surface area contributed by atoms with E-state index in [0.29, 0.717) is 6.04 Å². The van der Waals surface area contributed by atoms with Crippen LogP contribution in [0.25, 0.3) is 0 Å². The van der Waals surface area contributed by atoms with Gasteiger partial charge in [0.15, 0.2) is 0 Å². The third-order valence-electron chi connectivity index (χ3n) is 2.00. The zero-order valence-corrected chi connectivity index (χ0v) is 9.11. The van der Waals surface area contributed by atoms with Crippen molar-refractivity contribution in [2.75, 3.05) is 0 Å². The molecule has 70 valence electrons. The van der Waals surface area contributed by atoms with E-state index < -0.39 is 0 Å². The molecule has 1 N–H and O–H groups in total. The number of nitrogens with one attached hydrogen (secondary N) is 1. The van der Waals surface area contributed by atoms with E-state index in [0.717, 1.165) is 0 Å². The molecule has 1 heterocycles. The smallest absolute Gasteiger partial charge is 0.0662 e. The van der Waals surface area contributed by atoms with E-state index in [4.69, 9.17) is 6.42 Å². The SMILES string of the molecule is C#CC(C)NC(C)c1csc(C)c1. The number of hydrogen-bond donors (Lipinski definition) is 1. The van der Waals surface area contributed by atoms with Crippen LogP contribution in [-0.4, -0.2) is 6.04 Å². The first kappa shape index (κ1) is 10.3. The molecule has 1 aromatic rings. The molecule has 13 heavy (non-hydrogen) atoms. The Bertz CT molecular complexity index is 308. The quantitative estimate of drug-likeness (QED) is 0.728. The van der Waals surface area contributed by atoms with E-state index in [1.165, 1.54) is 10.4 Å². The van der Waals surface area contributed by atoms with Gasteiger partial charge in [-0.25, -0.2) is 0 Å². The van der Waals surface area contributed by atoms with Gasteiger partial charge in [0.1, 0.15) is 0 Å². The van der Waals surface area contributed by atoms with Gasteiger partial charge >= 0.3 is 0 Å². The summed E-state index contributed by atoms with van der Waals surface area (Å²) in [4.78, 5) is 1.34. The van der Waals surface area contributed by atoms with Gasteiger partial charge in [-0.2, -0.15) is 0 Å². The lowest BCUT2D eigenvalue weighted by molar-refractivity contribution is 0.547. The highest BCUT2D eigenvalue weighted by Crippen LogP contribution is 2.19. The number of rotatable bonds is 3. The zero-order valence-electron chi connectivity index (χ0n) is 8.29. The Morgan fingerprint density at radius 3 is 2.69 bits per heavy atom. The lowest BCUT2D eigenvalue weighted by Gasteiger charge is -2.14. The maximum absolute atomic E-state index is 5.29. The average Bonchev–Trinajstić information content (AvgIpc) is 2.51. The summed E-state index contributed by atoms with van der Waals surface area (Å²) in [7, 11) is 0. The van der Waals surface area contributed by atoms with Crippen molar-refractivity contribution >= 4 is 11.3 Å². The van der Waals surface area contributed by atoms with Crippen molar-refractivity contribution in [3.8, 4) is 12.3 Å². The van der Waals surface area contributed by atoms with Crippen molar-refractivity contribution in [2.24, 2.45) is 0 Å². The standard InChI is InChI=1S/C11H15NS/c1-5-8(2)12-10(4)11-6-9(3)13-7-11/h1,6-8,10,12H,2-4H3. The molecule has 0 radical (unpaired) electrons. The van der Waals surface area contributed by atoms with E-state index in [2.05, 4.69) is 36.5 Å². The van der Waals surface area contributed by atoms with E-state index >= 15 is 0 Å². The molecular weight excluding hydrogens is 178 g/mol. The fourth-order valence-electron chi connectivity index (χ4n) is 1.21. The molecule has 0 aliphatic carbocycles. The van der Waals surface area contributed by atoms with Crippen molar-refractivity contribution in [3.63, 3.8) is 0 Å². The summed E-state index contributed by atoms with van der Waals surface area (Å²) < 4.78 is 0. The molecule has 0 spiro atoms. The highest BCUT2D eigenvalue weighted by molar-refractivity contribution is 7.10. The second kappa shape index (κ2) is 4.45. The molecule has 0 amide bonds. The first-order valence-corrected chi connectivity index (χ1v) is 5.28. The highest BCUT2D eigenvalue weighted by atomic mass is 32.1. The molecule has 0 aliphatic heterocycles. The third kappa shape index (κ3) is 2.87. The van der Waals surface area contributed by atoms with Gasteiger partial charge in [-0.15, -0.1) is 17.8 Å². The molecule has 2 unspecified atom stereocenters. The van der Waals surface area contributed by atoms with Crippen LogP contribution in [0.5, 0.6) is 0 Å².